The van der Waals surface area contributed by atoms with Crippen molar-refractivity contribution >= 4 is 28.9 Å². The molecule has 0 heterocycles. The van der Waals surface area contributed by atoms with E-state index in [2.05, 4.69) is 0 Å². The van der Waals surface area contributed by atoms with E-state index in [1.807, 2.05) is 6.92 Å². The van der Waals surface area contributed by atoms with Gasteiger partial charge in [-0.2, -0.15) is 0 Å². The van der Waals surface area contributed by atoms with Crippen molar-refractivity contribution in [2.45, 2.75) is 6.92 Å². The molecule has 1 aromatic rings. The van der Waals surface area contributed by atoms with Crippen molar-refractivity contribution in [2.24, 2.45) is 0 Å². The molecular formula is C7H7Cl2N. The van der Waals surface area contributed by atoms with E-state index < -0.39 is 0 Å². The van der Waals surface area contributed by atoms with Crippen molar-refractivity contribution in [1.29, 1.82) is 0 Å². The Kier molecular flexibility index (Phi) is 2.07. The van der Waals surface area contributed by atoms with Crippen LogP contribution in [0.4, 0.5) is 5.69 Å². The van der Waals surface area contributed by atoms with E-state index in [9.17, 15) is 0 Å². The van der Waals surface area contributed by atoms with E-state index in [0.29, 0.717) is 15.7 Å². The Labute approximate surface area is 69.7 Å². The van der Waals surface area contributed by atoms with Crippen LogP contribution in [0.2, 0.25) is 10.0 Å². The number of aryl methyl sites for hydroxylation is 1. The molecule has 0 saturated carbocycles. The highest BCUT2D eigenvalue weighted by atomic mass is 35.5. The summed E-state index contributed by atoms with van der Waals surface area (Å²) in [6.07, 6.45) is 0. The van der Waals surface area contributed by atoms with E-state index in [1.165, 1.54) is 0 Å². The first kappa shape index (κ1) is 7.70. The first-order valence-electron chi connectivity index (χ1n) is 2.82. The van der Waals surface area contributed by atoms with Crippen LogP contribution >= 0.6 is 23.2 Å². The summed E-state index contributed by atoms with van der Waals surface area (Å²) in [5.41, 5.74) is 7.04. The van der Waals surface area contributed by atoms with Gasteiger partial charge in [0.1, 0.15) is 0 Å². The highest BCUT2D eigenvalue weighted by Crippen LogP contribution is 2.27. The SMILES string of the molecule is Cc1cc(N)cc(Cl)c1Cl. The molecule has 0 unspecified atom stereocenters. The quantitative estimate of drug-likeness (QED) is 0.604. The van der Waals surface area contributed by atoms with Crippen molar-refractivity contribution < 1.29 is 0 Å². The predicted octanol–water partition coefficient (Wildman–Crippen LogP) is 2.88. The second kappa shape index (κ2) is 2.69. The van der Waals surface area contributed by atoms with Gasteiger partial charge in [-0.3, -0.25) is 0 Å². The summed E-state index contributed by atoms with van der Waals surface area (Å²) < 4.78 is 0. The van der Waals surface area contributed by atoms with Gasteiger partial charge in [-0.05, 0) is 24.6 Å². The fraction of sp³-hybridized carbons (Fsp3) is 0.143. The summed E-state index contributed by atoms with van der Waals surface area (Å²) >= 11 is 11.5. The minimum Gasteiger partial charge on any atom is -0.399 e. The smallest absolute Gasteiger partial charge is 0.0622 e. The van der Waals surface area contributed by atoms with Crippen molar-refractivity contribution in [1.82, 2.24) is 0 Å². The Balaban J connectivity index is 3.31. The van der Waals surface area contributed by atoms with Crippen LogP contribution in [0.5, 0.6) is 0 Å². The fourth-order valence-corrected chi connectivity index (χ4v) is 1.14. The van der Waals surface area contributed by atoms with Crippen molar-refractivity contribution in [2.75, 3.05) is 5.73 Å². The van der Waals surface area contributed by atoms with Gasteiger partial charge in [0.2, 0.25) is 0 Å². The highest BCUT2D eigenvalue weighted by molar-refractivity contribution is 6.42. The third-order valence-electron chi connectivity index (χ3n) is 1.23. The molecule has 2 N–H and O–H groups in total. The number of hydrogen-bond acceptors (Lipinski definition) is 1. The second-order valence-electron chi connectivity index (χ2n) is 2.13. The number of halogens is 2. The average Bonchev–Trinajstić information content (AvgIpc) is 1.82. The van der Waals surface area contributed by atoms with Crippen LogP contribution in [-0.2, 0) is 0 Å². The molecule has 0 fully saturated rings. The zero-order chi connectivity index (χ0) is 7.72. The molecule has 1 nitrogen and oxygen atoms in total. The molecule has 1 aromatic carbocycles. The maximum Gasteiger partial charge on any atom is 0.0622 e. The molecule has 54 valence electrons. The van der Waals surface area contributed by atoms with E-state index in [-0.39, 0.29) is 0 Å². The molecule has 1 rings (SSSR count). The van der Waals surface area contributed by atoms with Crippen molar-refractivity contribution in [3.05, 3.63) is 27.7 Å². The molecular weight excluding hydrogens is 169 g/mol. The molecule has 0 aliphatic rings. The first-order valence-corrected chi connectivity index (χ1v) is 3.58. The van der Waals surface area contributed by atoms with Crippen LogP contribution < -0.4 is 5.73 Å². The van der Waals surface area contributed by atoms with Gasteiger partial charge >= 0.3 is 0 Å². The van der Waals surface area contributed by atoms with Gasteiger partial charge in [0.05, 0.1) is 10.0 Å². The summed E-state index contributed by atoms with van der Waals surface area (Å²) in [4.78, 5) is 0. The van der Waals surface area contributed by atoms with Crippen LogP contribution in [0.1, 0.15) is 5.56 Å². The summed E-state index contributed by atoms with van der Waals surface area (Å²) in [5, 5.41) is 1.09. The Hall–Kier alpha value is -0.400. The van der Waals surface area contributed by atoms with E-state index in [0.717, 1.165) is 5.56 Å². The number of anilines is 1. The molecule has 0 aliphatic heterocycles. The number of rotatable bonds is 0. The highest BCUT2D eigenvalue weighted by Gasteiger charge is 2.00. The molecule has 0 aromatic heterocycles. The normalized spacial score (nSPS) is 9.90. The van der Waals surface area contributed by atoms with Gasteiger partial charge < -0.3 is 5.73 Å². The number of benzene rings is 1. The standard InChI is InChI=1S/C7H7Cl2N/c1-4-2-5(10)3-6(8)7(4)9/h2-3H,10H2,1H3. The zero-order valence-corrected chi connectivity index (χ0v) is 7.00. The van der Waals surface area contributed by atoms with E-state index in [4.69, 9.17) is 28.9 Å². The zero-order valence-electron chi connectivity index (χ0n) is 5.49. The summed E-state index contributed by atoms with van der Waals surface area (Å²) in [5.74, 6) is 0. The van der Waals surface area contributed by atoms with Crippen LogP contribution in [0.25, 0.3) is 0 Å². The van der Waals surface area contributed by atoms with Crippen LogP contribution in [-0.4, -0.2) is 0 Å². The van der Waals surface area contributed by atoms with Gasteiger partial charge in [0.25, 0.3) is 0 Å². The van der Waals surface area contributed by atoms with E-state index in [1.54, 1.807) is 12.1 Å². The predicted molar refractivity (Wildman–Crippen MR) is 45.6 cm³/mol. The number of nitrogens with two attached hydrogens (primary N) is 1. The summed E-state index contributed by atoms with van der Waals surface area (Å²) in [6, 6.07) is 3.42. The van der Waals surface area contributed by atoms with Crippen LogP contribution in [0.3, 0.4) is 0 Å². The van der Waals surface area contributed by atoms with Gasteiger partial charge in [0.15, 0.2) is 0 Å². The van der Waals surface area contributed by atoms with Crippen LogP contribution in [0, 0.1) is 6.92 Å². The lowest BCUT2D eigenvalue weighted by Gasteiger charge is -2.00. The Morgan fingerprint density at radius 2 is 1.90 bits per heavy atom. The Morgan fingerprint density at radius 1 is 1.30 bits per heavy atom. The molecule has 0 spiro atoms. The number of hydrogen-bond donors (Lipinski definition) is 1. The lowest BCUT2D eigenvalue weighted by atomic mass is 10.2. The van der Waals surface area contributed by atoms with Crippen molar-refractivity contribution in [3.63, 3.8) is 0 Å². The molecule has 3 heteroatoms. The largest absolute Gasteiger partial charge is 0.399 e. The first-order chi connectivity index (χ1) is 4.61. The Bertz CT molecular complexity index is 235. The maximum atomic E-state index is 5.76. The minimum atomic E-state index is 0.513. The monoisotopic (exact) mass is 175 g/mol. The van der Waals surface area contributed by atoms with E-state index >= 15 is 0 Å². The van der Waals surface area contributed by atoms with Crippen LogP contribution in [0.15, 0.2) is 12.1 Å². The second-order valence-corrected chi connectivity index (χ2v) is 2.92. The summed E-state index contributed by atoms with van der Waals surface area (Å²) in [7, 11) is 0. The maximum absolute atomic E-state index is 5.76. The molecule has 0 amide bonds. The lowest BCUT2D eigenvalue weighted by Crippen LogP contribution is -1.86. The Morgan fingerprint density at radius 3 is 2.40 bits per heavy atom. The molecule has 0 atom stereocenters. The average molecular weight is 176 g/mol. The fourth-order valence-electron chi connectivity index (χ4n) is 0.753. The molecule has 0 aliphatic carbocycles. The topological polar surface area (TPSA) is 26.0 Å². The molecule has 0 bridgehead atoms. The third-order valence-corrected chi connectivity index (χ3v) is 2.13. The molecule has 10 heavy (non-hydrogen) atoms. The van der Waals surface area contributed by atoms with Crippen molar-refractivity contribution in [3.8, 4) is 0 Å². The minimum absolute atomic E-state index is 0.513. The van der Waals surface area contributed by atoms with Gasteiger partial charge in [-0.1, -0.05) is 23.2 Å². The summed E-state index contributed by atoms with van der Waals surface area (Å²) in [6.45, 7) is 1.87. The van der Waals surface area contributed by atoms with Gasteiger partial charge in [0, 0.05) is 5.69 Å². The van der Waals surface area contributed by atoms with Gasteiger partial charge in [-0.15, -0.1) is 0 Å². The molecule has 0 radical (unpaired) electrons. The molecule has 0 saturated heterocycles. The van der Waals surface area contributed by atoms with Gasteiger partial charge in [-0.25, -0.2) is 0 Å². The lowest BCUT2D eigenvalue weighted by molar-refractivity contribution is 1.47. The third kappa shape index (κ3) is 1.36. The number of nitrogen functional groups attached to an aromatic ring is 1.